The standard InChI is InChI=1S/C15H14N2O4/c1-9-16-8-12(21-9)10-2-4-11(5-3-10)17-13(18)15(6-7-15)14(19)20/h2-5,8H,6-7H2,1H3,(H,17,18)(H,19,20). The lowest BCUT2D eigenvalue weighted by atomic mass is 10.1. The number of amides is 1. The van der Waals surface area contributed by atoms with E-state index in [1.807, 2.05) is 0 Å². The van der Waals surface area contributed by atoms with E-state index < -0.39 is 17.3 Å². The second kappa shape index (κ2) is 4.73. The van der Waals surface area contributed by atoms with Crippen LogP contribution in [-0.4, -0.2) is 22.0 Å². The summed E-state index contributed by atoms with van der Waals surface area (Å²) < 4.78 is 5.41. The van der Waals surface area contributed by atoms with E-state index >= 15 is 0 Å². The highest BCUT2D eigenvalue weighted by Crippen LogP contribution is 2.46. The molecule has 0 radical (unpaired) electrons. The number of rotatable bonds is 4. The maximum absolute atomic E-state index is 12.0. The van der Waals surface area contributed by atoms with Crippen molar-refractivity contribution in [1.29, 1.82) is 0 Å². The van der Waals surface area contributed by atoms with Gasteiger partial charge in [-0.2, -0.15) is 0 Å². The van der Waals surface area contributed by atoms with E-state index in [0.29, 0.717) is 30.2 Å². The van der Waals surface area contributed by atoms with Crippen molar-refractivity contribution in [2.24, 2.45) is 5.41 Å². The summed E-state index contributed by atoms with van der Waals surface area (Å²) in [5, 5.41) is 11.7. The maximum atomic E-state index is 12.0. The molecular formula is C15H14N2O4. The summed E-state index contributed by atoms with van der Waals surface area (Å²) in [6.45, 7) is 1.76. The van der Waals surface area contributed by atoms with Gasteiger partial charge in [-0.15, -0.1) is 0 Å². The number of carboxylic acid groups (broad SMARTS) is 1. The van der Waals surface area contributed by atoms with Gasteiger partial charge in [-0.05, 0) is 37.1 Å². The van der Waals surface area contributed by atoms with Gasteiger partial charge in [0.25, 0.3) is 0 Å². The number of nitrogens with zero attached hydrogens (tertiary/aromatic N) is 1. The Morgan fingerprint density at radius 2 is 1.95 bits per heavy atom. The number of aliphatic carboxylic acids is 1. The summed E-state index contributed by atoms with van der Waals surface area (Å²) in [6, 6.07) is 7.00. The number of hydrogen-bond donors (Lipinski definition) is 2. The Balaban J connectivity index is 1.73. The number of carbonyl (C=O) groups excluding carboxylic acids is 1. The third kappa shape index (κ3) is 2.40. The van der Waals surface area contributed by atoms with Gasteiger partial charge >= 0.3 is 5.97 Å². The van der Waals surface area contributed by atoms with Crippen molar-refractivity contribution >= 4 is 17.6 Å². The largest absolute Gasteiger partial charge is 0.480 e. The van der Waals surface area contributed by atoms with E-state index in [0.717, 1.165) is 5.56 Å². The number of aromatic nitrogens is 1. The van der Waals surface area contributed by atoms with Crippen molar-refractivity contribution in [2.75, 3.05) is 5.32 Å². The fourth-order valence-electron chi connectivity index (χ4n) is 2.13. The zero-order valence-electron chi connectivity index (χ0n) is 11.4. The second-order valence-electron chi connectivity index (χ2n) is 5.16. The van der Waals surface area contributed by atoms with Crippen LogP contribution in [0.4, 0.5) is 5.69 Å². The average molecular weight is 286 g/mol. The van der Waals surface area contributed by atoms with Gasteiger partial charge in [-0.3, -0.25) is 9.59 Å². The minimum Gasteiger partial charge on any atom is -0.480 e. The second-order valence-corrected chi connectivity index (χ2v) is 5.16. The molecule has 3 rings (SSSR count). The van der Waals surface area contributed by atoms with E-state index in [9.17, 15) is 9.59 Å². The lowest BCUT2D eigenvalue weighted by Gasteiger charge is -2.10. The monoisotopic (exact) mass is 286 g/mol. The van der Waals surface area contributed by atoms with Crippen molar-refractivity contribution in [1.82, 2.24) is 4.98 Å². The molecule has 1 aromatic heterocycles. The van der Waals surface area contributed by atoms with Gasteiger partial charge in [0.15, 0.2) is 11.7 Å². The SMILES string of the molecule is Cc1ncc(-c2ccc(NC(=O)C3(C(=O)O)CC3)cc2)o1. The number of carbonyl (C=O) groups is 2. The van der Waals surface area contributed by atoms with E-state index in [4.69, 9.17) is 9.52 Å². The topological polar surface area (TPSA) is 92.4 Å². The molecule has 1 fully saturated rings. The Morgan fingerprint density at radius 3 is 2.43 bits per heavy atom. The van der Waals surface area contributed by atoms with Crippen LogP contribution in [0.5, 0.6) is 0 Å². The molecular weight excluding hydrogens is 272 g/mol. The first-order valence-electron chi connectivity index (χ1n) is 6.59. The molecule has 0 saturated heterocycles. The van der Waals surface area contributed by atoms with Gasteiger partial charge in [0, 0.05) is 18.2 Å². The number of hydrogen-bond acceptors (Lipinski definition) is 4. The normalized spacial score (nSPS) is 15.5. The van der Waals surface area contributed by atoms with Crippen LogP contribution in [-0.2, 0) is 9.59 Å². The zero-order valence-corrected chi connectivity index (χ0v) is 11.4. The molecule has 6 nitrogen and oxygen atoms in total. The van der Waals surface area contributed by atoms with Crippen molar-refractivity contribution in [3.8, 4) is 11.3 Å². The van der Waals surface area contributed by atoms with Gasteiger partial charge in [0.2, 0.25) is 5.91 Å². The Labute approximate surface area is 120 Å². The summed E-state index contributed by atoms with van der Waals surface area (Å²) in [5.74, 6) is -0.291. The number of benzene rings is 1. The van der Waals surface area contributed by atoms with E-state index in [1.165, 1.54) is 0 Å². The molecule has 1 aliphatic carbocycles. The molecule has 1 aliphatic rings. The van der Waals surface area contributed by atoms with Gasteiger partial charge < -0.3 is 14.8 Å². The van der Waals surface area contributed by atoms with Gasteiger partial charge in [0.05, 0.1) is 6.20 Å². The molecule has 108 valence electrons. The van der Waals surface area contributed by atoms with Crippen molar-refractivity contribution in [2.45, 2.75) is 19.8 Å². The lowest BCUT2D eigenvalue weighted by Crippen LogP contribution is -2.31. The van der Waals surface area contributed by atoms with Crippen LogP contribution in [0.15, 0.2) is 34.9 Å². The molecule has 0 aliphatic heterocycles. The predicted octanol–water partition coefficient (Wildman–Crippen LogP) is 2.45. The minimum atomic E-state index is -1.24. The molecule has 1 heterocycles. The predicted molar refractivity (Wildman–Crippen MR) is 74.6 cm³/mol. The fourth-order valence-corrected chi connectivity index (χ4v) is 2.13. The molecule has 2 N–H and O–H groups in total. The molecule has 0 bridgehead atoms. The van der Waals surface area contributed by atoms with Crippen LogP contribution in [0.25, 0.3) is 11.3 Å². The average Bonchev–Trinajstić information content (AvgIpc) is 3.17. The summed E-state index contributed by atoms with van der Waals surface area (Å²) in [5.41, 5.74) is 0.168. The molecule has 2 aromatic rings. The quantitative estimate of drug-likeness (QED) is 0.842. The number of nitrogens with one attached hydrogen (secondary N) is 1. The minimum absolute atomic E-state index is 0.392. The van der Waals surface area contributed by atoms with Gasteiger partial charge in [-0.25, -0.2) is 4.98 Å². The number of aryl methyl sites for hydroxylation is 1. The van der Waals surface area contributed by atoms with Crippen LogP contribution in [0.1, 0.15) is 18.7 Å². The first-order valence-corrected chi connectivity index (χ1v) is 6.59. The van der Waals surface area contributed by atoms with Crippen molar-refractivity contribution in [3.05, 3.63) is 36.4 Å². The summed E-state index contributed by atoms with van der Waals surface area (Å²) in [4.78, 5) is 27.1. The van der Waals surface area contributed by atoms with Gasteiger partial charge in [0.1, 0.15) is 5.41 Å². The highest BCUT2D eigenvalue weighted by molar-refractivity contribution is 6.10. The highest BCUT2D eigenvalue weighted by Gasteiger charge is 2.57. The number of oxazole rings is 1. The van der Waals surface area contributed by atoms with E-state index in [1.54, 1.807) is 37.4 Å². The van der Waals surface area contributed by atoms with Crippen LogP contribution >= 0.6 is 0 Å². The molecule has 0 unspecified atom stereocenters. The van der Waals surface area contributed by atoms with E-state index in [-0.39, 0.29) is 0 Å². The van der Waals surface area contributed by atoms with Crippen LogP contribution < -0.4 is 5.32 Å². The Kier molecular flexibility index (Phi) is 3.01. The molecule has 21 heavy (non-hydrogen) atoms. The van der Waals surface area contributed by atoms with Crippen LogP contribution in [0, 0.1) is 12.3 Å². The smallest absolute Gasteiger partial charge is 0.319 e. The zero-order chi connectivity index (χ0) is 15.0. The van der Waals surface area contributed by atoms with Crippen LogP contribution in [0.3, 0.4) is 0 Å². The third-order valence-corrected chi connectivity index (χ3v) is 3.64. The summed E-state index contributed by atoms with van der Waals surface area (Å²) in [7, 11) is 0. The van der Waals surface area contributed by atoms with Crippen molar-refractivity contribution < 1.29 is 19.1 Å². The molecule has 1 amide bonds. The first-order chi connectivity index (χ1) is 10.0. The maximum Gasteiger partial charge on any atom is 0.319 e. The Bertz CT molecular complexity index is 699. The lowest BCUT2D eigenvalue weighted by molar-refractivity contribution is -0.147. The van der Waals surface area contributed by atoms with Gasteiger partial charge in [-0.1, -0.05) is 0 Å². The molecule has 0 atom stereocenters. The fraction of sp³-hybridized carbons (Fsp3) is 0.267. The number of anilines is 1. The molecule has 0 spiro atoms. The third-order valence-electron chi connectivity index (χ3n) is 3.64. The Morgan fingerprint density at radius 1 is 1.29 bits per heavy atom. The van der Waals surface area contributed by atoms with E-state index in [2.05, 4.69) is 10.3 Å². The number of carboxylic acids is 1. The van der Waals surface area contributed by atoms with Crippen molar-refractivity contribution in [3.63, 3.8) is 0 Å². The summed E-state index contributed by atoms with van der Waals surface area (Å²) in [6.07, 6.45) is 2.42. The first kappa shape index (κ1) is 13.4. The molecule has 1 saturated carbocycles. The summed E-state index contributed by atoms with van der Waals surface area (Å²) >= 11 is 0. The highest BCUT2D eigenvalue weighted by atomic mass is 16.4. The Hall–Kier alpha value is -2.63. The van der Waals surface area contributed by atoms with Crippen LogP contribution in [0.2, 0.25) is 0 Å². The molecule has 1 aromatic carbocycles. The molecule has 6 heteroatoms.